The van der Waals surface area contributed by atoms with Gasteiger partial charge in [0.1, 0.15) is 0 Å². The molecule has 354 valence electrons. The summed E-state index contributed by atoms with van der Waals surface area (Å²) in [6.45, 7) is 34.7. The lowest BCUT2D eigenvalue weighted by Crippen LogP contribution is -2.65. The van der Waals surface area contributed by atoms with Crippen LogP contribution >= 0.6 is 11.8 Å². The zero-order chi connectivity index (χ0) is 48.3. The fourth-order valence-electron chi connectivity index (χ4n) is 16.3. The minimum Gasteiger partial charge on any atom is -0.335 e. The first-order valence-corrected chi connectivity index (χ1v) is 27.7. The smallest absolute Gasteiger partial charge is 0.252 e. The Hall–Kier alpha value is -4.61. The monoisotopic (exact) mass is 928 g/mol. The molecular weight excluding hydrogens is 854 g/mol. The van der Waals surface area contributed by atoms with Gasteiger partial charge in [0.25, 0.3) is 6.71 Å². The summed E-state index contributed by atoms with van der Waals surface area (Å²) in [6, 6.07) is 25.9. The number of aryl methyl sites for hydroxylation is 4. The third-order valence-corrected chi connectivity index (χ3v) is 21.6. The number of rotatable bonds is 2. The highest BCUT2D eigenvalue weighted by Gasteiger charge is 2.63. The van der Waals surface area contributed by atoms with E-state index in [1.54, 1.807) is 22.3 Å². The summed E-state index contributed by atoms with van der Waals surface area (Å²) in [4.78, 5) is 10.2. The SMILES string of the molecule is Cc1cc(C)c2c3c1B1c4ccc5c(c4N(c4c(C)cc(C(C)(C)C)cc4C)c4cc(N6c7ccc(C(C)(C)C)cc7C7(C)CCCCC67C)cc(c41)N3C1(C)CCCCC21C)SC1C=CC=CC51. The second-order valence-corrected chi connectivity index (χ2v) is 27.3. The molecule has 0 bridgehead atoms. The van der Waals surface area contributed by atoms with E-state index in [0.717, 1.165) is 0 Å². The number of thioether (sulfide) groups is 1. The van der Waals surface area contributed by atoms with Gasteiger partial charge in [-0.3, -0.25) is 0 Å². The van der Waals surface area contributed by atoms with E-state index in [1.807, 2.05) is 0 Å². The molecule has 13 rings (SSSR count). The molecule has 2 saturated carbocycles. The zero-order valence-electron chi connectivity index (χ0n) is 44.2. The fraction of sp³-hybridized carbons (Fsp3) is 0.469. The van der Waals surface area contributed by atoms with Crippen molar-refractivity contribution >= 4 is 74.7 Å². The van der Waals surface area contributed by atoms with Gasteiger partial charge in [-0.15, -0.1) is 11.8 Å². The Kier molecular flexibility index (Phi) is 9.05. The molecular formula is C64H74BN3S. The molecule has 0 saturated heterocycles. The highest BCUT2D eigenvalue weighted by molar-refractivity contribution is 8.00. The summed E-state index contributed by atoms with van der Waals surface area (Å²) in [7, 11) is 0. The highest BCUT2D eigenvalue weighted by Crippen LogP contribution is 2.66. The van der Waals surface area contributed by atoms with Gasteiger partial charge in [0.05, 0.1) is 22.5 Å². The molecule has 5 heterocycles. The van der Waals surface area contributed by atoms with E-state index >= 15 is 0 Å². The summed E-state index contributed by atoms with van der Waals surface area (Å²) in [5.74, 6) is 0.370. The molecule has 69 heavy (non-hydrogen) atoms. The average Bonchev–Trinajstić information content (AvgIpc) is 3.85. The predicted molar refractivity (Wildman–Crippen MR) is 298 cm³/mol. The first-order chi connectivity index (χ1) is 32.6. The van der Waals surface area contributed by atoms with E-state index in [0.29, 0.717) is 11.2 Å². The van der Waals surface area contributed by atoms with E-state index in [-0.39, 0.29) is 39.5 Å². The molecule has 0 spiro atoms. The number of allylic oxidation sites excluding steroid dienone is 3. The molecule has 5 heteroatoms. The van der Waals surface area contributed by atoms with Crippen molar-refractivity contribution in [2.24, 2.45) is 0 Å². The van der Waals surface area contributed by atoms with Crippen LogP contribution < -0.4 is 31.1 Å². The van der Waals surface area contributed by atoms with Crippen molar-refractivity contribution < 1.29 is 0 Å². The van der Waals surface area contributed by atoms with E-state index in [2.05, 4.69) is 208 Å². The Labute approximate surface area is 419 Å². The summed E-state index contributed by atoms with van der Waals surface area (Å²) < 4.78 is 0. The summed E-state index contributed by atoms with van der Waals surface area (Å²) in [6.07, 6.45) is 19.4. The van der Waals surface area contributed by atoms with Gasteiger partial charge >= 0.3 is 0 Å². The van der Waals surface area contributed by atoms with Gasteiger partial charge in [-0.1, -0.05) is 153 Å². The topological polar surface area (TPSA) is 9.72 Å². The average molecular weight is 928 g/mol. The minimum atomic E-state index is -0.0906. The number of fused-ring (bicyclic) bond motifs is 14. The van der Waals surface area contributed by atoms with Gasteiger partial charge < -0.3 is 14.7 Å². The first kappa shape index (κ1) is 44.3. The molecule has 2 fully saturated rings. The van der Waals surface area contributed by atoms with Gasteiger partial charge in [-0.25, -0.2) is 0 Å². The van der Waals surface area contributed by atoms with Crippen LogP contribution in [0.2, 0.25) is 0 Å². The maximum Gasteiger partial charge on any atom is 0.252 e. The number of anilines is 7. The summed E-state index contributed by atoms with van der Waals surface area (Å²) in [5, 5.41) is 0.394. The van der Waals surface area contributed by atoms with Gasteiger partial charge in [0.15, 0.2) is 0 Å². The molecule has 5 aromatic carbocycles. The van der Waals surface area contributed by atoms with Crippen LogP contribution in [0.5, 0.6) is 0 Å². The summed E-state index contributed by atoms with van der Waals surface area (Å²) >= 11 is 2.12. The lowest BCUT2D eigenvalue weighted by atomic mass is 9.32. The van der Waals surface area contributed by atoms with Crippen LogP contribution in [0.4, 0.5) is 39.8 Å². The normalized spacial score (nSPS) is 28.8. The van der Waals surface area contributed by atoms with Crippen molar-refractivity contribution in [2.75, 3.05) is 14.7 Å². The predicted octanol–water partition coefficient (Wildman–Crippen LogP) is 15.3. The molecule has 8 aliphatic rings. The number of hydrogen-bond acceptors (Lipinski definition) is 4. The summed E-state index contributed by atoms with van der Waals surface area (Å²) in [5.41, 5.74) is 27.6. The zero-order valence-corrected chi connectivity index (χ0v) is 45.0. The van der Waals surface area contributed by atoms with Crippen molar-refractivity contribution in [1.82, 2.24) is 0 Å². The van der Waals surface area contributed by atoms with Crippen LogP contribution in [-0.4, -0.2) is 23.0 Å². The Balaban J connectivity index is 1.19. The molecule has 0 aromatic heterocycles. The minimum absolute atomic E-state index is 0.0180. The van der Waals surface area contributed by atoms with Crippen molar-refractivity contribution in [3.05, 3.63) is 135 Å². The van der Waals surface area contributed by atoms with Crippen LogP contribution in [0, 0.1) is 27.7 Å². The van der Waals surface area contributed by atoms with Crippen molar-refractivity contribution in [3.63, 3.8) is 0 Å². The standard InChI is InChI=1S/C64H74BN3S/c1-37-31-38(2)53-57-52(37)62(12)28-18-20-30-64(62,14)68(57)50-36-43(67-48-26-23-41(59(5,6)7)34-46(48)61(11)27-17-19-29-63(61,67)13)35-49-54(50)65(53)47-25-24-45-44-21-15-16-22-51(44)69-58(45)56(47)66(49)55-39(3)32-42(33-40(55)4)60(8,9)10/h15-16,21-26,31-36,44,51H,17-20,27-30H2,1-14H3. The van der Waals surface area contributed by atoms with Crippen LogP contribution in [-0.2, 0) is 21.7 Å². The third-order valence-electron chi connectivity index (χ3n) is 20.2. The molecule has 0 amide bonds. The Morgan fingerprint density at radius 1 is 0.565 bits per heavy atom. The maximum absolute atomic E-state index is 3.00. The number of benzene rings is 5. The second-order valence-electron chi connectivity index (χ2n) is 26.1. The number of nitrogens with zero attached hydrogens (tertiary/aromatic N) is 3. The molecule has 6 atom stereocenters. The lowest BCUT2D eigenvalue weighted by molar-refractivity contribution is 0.193. The van der Waals surface area contributed by atoms with Crippen LogP contribution in [0.1, 0.15) is 177 Å². The van der Waals surface area contributed by atoms with Crippen LogP contribution in [0.15, 0.2) is 89.9 Å². The van der Waals surface area contributed by atoms with E-state index < -0.39 is 0 Å². The maximum atomic E-state index is 3.00. The third kappa shape index (κ3) is 5.50. The van der Waals surface area contributed by atoms with Crippen molar-refractivity contribution in [2.45, 2.75) is 197 Å². The Bertz CT molecular complexity index is 3160. The van der Waals surface area contributed by atoms with Gasteiger partial charge in [-0.05, 0) is 157 Å². The van der Waals surface area contributed by atoms with E-state index in [1.165, 1.54) is 140 Å². The highest BCUT2D eigenvalue weighted by atomic mass is 32.2. The number of hydrogen-bond donors (Lipinski definition) is 0. The Morgan fingerprint density at radius 2 is 1.20 bits per heavy atom. The van der Waals surface area contributed by atoms with Gasteiger partial charge in [0.2, 0.25) is 0 Å². The molecule has 6 unspecified atom stereocenters. The molecule has 5 aromatic rings. The largest absolute Gasteiger partial charge is 0.335 e. The molecule has 3 nitrogen and oxygen atoms in total. The van der Waals surface area contributed by atoms with Crippen LogP contribution in [0.3, 0.4) is 0 Å². The van der Waals surface area contributed by atoms with Crippen molar-refractivity contribution in [1.29, 1.82) is 0 Å². The quantitative estimate of drug-likeness (QED) is 0.160. The fourth-order valence-corrected chi connectivity index (χ4v) is 17.8. The van der Waals surface area contributed by atoms with Crippen LogP contribution in [0.25, 0.3) is 0 Å². The molecule has 3 aliphatic carbocycles. The Morgan fingerprint density at radius 3 is 1.90 bits per heavy atom. The molecule has 0 N–H and O–H groups in total. The molecule has 0 radical (unpaired) electrons. The molecule has 5 aliphatic heterocycles. The second kappa shape index (κ2) is 14.1. The first-order valence-electron chi connectivity index (χ1n) is 26.8. The van der Waals surface area contributed by atoms with Gasteiger partial charge in [-0.2, -0.15) is 0 Å². The van der Waals surface area contributed by atoms with E-state index in [4.69, 9.17) is 0 Å². The van der Waals surface area contributed by atoms with Crippen molar-refractivity contribution in [3.8, 4) is 0 Å². The lowest BCUT2D eigenvalue weighted by Gasteiger charge is -2.54. The van der Waals surface area contributed by atoms with E-state index in [9.17, 15) is 0 Å². The van der Waals surface area contributed by atoms with Gasteiger partial charge in [0, 0.05) is 55.3 Å².